The van der Waals surface area contributed by atoms with Crippen molar-refractivity contribution in [2.24, 2.45) is 0 Å². The molecule has 0 aromatic carbocycles. The molecule has 0 aliphatic carbocycles. The fourth-order valence-corrected chi connectivity index (χ4v) is 5.15. The molecule has 3 heterocycles. The molecule has 2 aromatic heterocycles. The van der Waals surface area contributed by atoms with Gasteiger partial charge in [0.05, 0.1) is 5.25 Å². The second kappa shape index (κ2) is 5.34. The van der Waals surface area contributed by atoms with Gasteiger partial charge in [-0.1, -0.05) is 19.0 Å². The number of aromatic nitrogens is 3. The quantitative estimate of drug-likeness (QED) is 0.912. The Labute approximate surface area is 123 Å². The minimum Gasteiger partial charge on any atom is -0.375 e. The summed E-state index contributed by atoms with van der Waals surface area (Å²) < 4.78 is 5.28. The summed E-state index contributed by atoms with van der Waals surface area (Å²) in [5, 5.41) is 8.00. The molecule has 1 aliphatic rings. The second-order valence-corrected chi connectivity index (χ2v) is 8.28. The number of rotatable bonds is 2. The lowest BCUT2D eigenvalue weighted by molar-refractivity contribution is 0.422. The van der Waals surface area contributed by atoms with E-state index in [0.29, 0.717) is 32.5 Å². The van der Waals surface area contributed by atoms with Crippen LogP contribution in [0.3, 0.4) is 0 Å². The molecule has 1 saturated heterocycles. The van der Waals surface area contributed by atoms with Crippen molar-refractivity contribution in [3.63, 3.8) is 0 Å². The zero-order valence-corrected chi connectivity index (χ0v) is 13.0. The Balaban J connectivity index is 1.78. The van der Waals surface area contributed by atoms with Gasteiger partial charge in [0.25, 0.3) is 5.89 Å². The first-order valence-corrected chi connectivity index (χ1v) is 8.82. The smallest absolute Gasteiger partial charge is 0.277 e. The first-order valence-electron chi connectivity index (χ1n) is 5.95. The molecule has 0 spiro atoms. The summed E-state index contributed by atoms with van der Waals surface area (Å²) in [4.78, 5) is 8.61. The predicted octanol–water partition coefficient (Wildman–Crippen LogP) is 3.07. The average Bonchev–Trinajstić information content (AvgIpc) is 3.01. The SMILES string of the molecule is CC1SCC(c2noc(-c3csc(N)n3)n2)SC1C. The molecule has 2 aromatic rings. The van der Waals surface area contributed by atoms with E-state index in [1.54, 1.807) is 0 Å². The lowest BCUT2D eigenvalue weighted by atomic mass is 10.3. The first-order chi connectivity index (χ1) is 9.13. The number of nitrogen functional groups attached to an aromatic ring is 1. The van der Waals surface area contributed by atoms with Gasteiger partial charge in [-0.25, -0.2) is 4.98 Å². The normalized spacial score (nSPS) is 27.6. The van der Waals surface area contributed by atoms with Crippen molar-refractivity contribution in [2.45, 2.75) is 29.6 Å². The third-order valence-electron chi connectivity index (χ3n) is 3.02. The van der Waals surface area contributed by atoms with E-state index in [-0.39, 0.29) is 0 Å². The van der Waals surface area contributed by atoms with Gasteiger partial charge in [-0.2, -0.15) is 16.7 Å². The van der Waals surface area contributed by atoms with Crippen molar-refractivity contribution in [1.82, 2.24) is 15.1 Å². The Bertz CT molecular complexity index is 570. The maximum atomic E-state index is 5.61. The third-order valence-corrected chi connectivity index (χ3v) is 7.08. The lowest BCUT2D eigenvalue weighted by Gasteiger charge is -2.29. The highest BCUT2D eigenvalue weighted by atomic mass is 32.2. The first kappa shape index (κ1) is 13.3. The van der Waals surface area contributed by atoms with E-state index in [4.69, 9.17) is 10.3 Å². The molecular weight excluding hydrogens is 300 g/mol. The van der Waals surface area contributed by atoms with Gasteiger partial charge in [0.15, 0.2) is 11.0 Å². The second-order valence-electron chi connectivity index (χ2n) is 4.40. The summed E-state index contributed by atoms with van der Waals surface area (Å²) in [7, 11) is 0. The molecular formula is C11H14N4OS3. The standard InChI is InChI=1S/C11H14N4OS3/c1-5-6(2)19-8(4-17-5)9-14-10(16-15-9)7-3-18-11(12)13-7/h3,5-6,8H,4H2,1-2H3,(H2,12,13). The Morgan fingerprint density at radius 1 is 1.32 bits per heavy atom. The zero-order chi connectivity index (χ0) is 13.4. The van der Waals surface area contributed by atoms with Crippen LogP contribution in [0.1, 0.15) is 24.9 Å². The van der Waals surface area contributed by atoms with Crippen molar-refractivity contribution >= 4 is 40.0 Å². The van der Waals surface area contributed by atoms with Gasteiger partial charge in [-0.15, -0.1) is 23.1 Å². The van der Waals surface area contributed by atoms with Crippen LogP contribution in [0.15, 0.2) is 9.90 Å². The number of nitrogens with two attached hydrogens (primary N) is 1. The van der Waals surface area contributed by atoms with E-state index in [2.05, 4.69) is 29.0 Å². The van der Waals surface area contributed by atoms with E-state index in [1.165, 1.54) is 11.3 Å². The van der Waals surface area contributed by atoms with E-state index < -0.39 is 0 Å². The molecule has 5 nitrogen and oxygen atoms in total. The highest BCUT2D eigenvalue weighted by Crippen LogP contribution is 2.43. The molecule has 0 radical (unpaired) electrons. The highest BCUT2D eigenvalue weighted by molar-refractivity contribution is 8.07. The van der Waals surface area contributed by atoms with Gasteiger partial charge in [0, 0.05) is 21.6 Å². The van der Waals surface area contributed by atoms with Crippen LogP contribution in [0.25, 0.3) is 11.6 Å². The molecule has 1 fully saturated rings. The predicted molar refractivity (Wildman–Crippen MR) is 81.5 cm³/mol. The van der Waals surface area contributed by atoms with Crippen LogP contribution >= 0.6 is 34.9 Å². The van der Waals surface area contributed by atoms with Crippen LogP contribution in [0.2, 0.25) is 0 Å². The number of thioether (sulfide) groups is 2. The van der Waals surface area contributed by atoms with Crippen molar-refractivity contribution in [2.75, 3.05) is 11.5 Å². The van der Waals surface area contributed by atoms with Crippen LogP contribution in [0, 0.1) is 0 Å². The minimum absolute atomic E-state index is 0.296. The van der Waals surface area contributed by atoms with Crippen LogP contribution < -0.4 is 5.73 Å². The Morgan fingerprint density at radius 2 is 2.16 bits per heavy atom. The summed E-state index contributed by atoms with van der Waals surface area (Å²) >= 11 is 5.25. The topological polar surface area (TPSA) is 77.8 Å². The van der Waals surface area contributed by atoms with E-state index in [0.717, 1.165) is 11.6 Å². The van der Waals surface area contributed by atoms with E-state index in [9.17, 15) is 0 Å². The highest BCUT2D eigenvalue weighted by Gasteiger charge is 2.30. The fraction of sp³-hybridized carbons (Fsp3) is 0.545. The monoisotopic (exact) mass is 314 g/mol. The van der Waals surface area contributed by atoms with Crippen LogP contribution in [-0.2, 0) is 0 Å². The van der Waals surface area contributed by atoms with Gasteiger partial charge in [-0.05, 0) is 0 Å². The molecule has 0 bridgehead atoms. The molecule has 8 heteroatoms. The largest absolute Gasteiger partial charge is 0.375 e. The number of anilines is 1. The van der Waals surface area contributed by atoms with Crippen molar-refractivity contribution in [3.05, 3.63) is 11.2 Å². The summed E-state index contributed by atoms with van der Waals surface area (Å²) in [6.45, 7) is 4.51. The Kier molecular flexibility index (Phi) is 3.72. The number of hydrogen-bond donors (Lipinski definition) is 1. The average molecular weight is 314 g/mol. The summed E-state index contributed by atoms with van der Waals surface area (Å²) in [5.74, 6) is 2.24. The number of thiazole rings is 1. The molecule has 0 saturated carbocycles. The van der Waals surface area contributed by atoms with E-state index in [1.807, 2.05) is 28.9 Å². The van der Waals surface area contributed by atoms with Gasteiger partial charge in [0.1, 0.15) is 5.69 Å². The Morgan fingerprint density at radius 3 is 2.84 bits per heavy atom. The summed E-state index contributed by atoms with van der Waals surface area (Å²) in [5.41, 5.74) is 6.27. The van der Waals surface area contributed by atoms with Crippen LogP contribution in [0.5, 0.6) is 0 Å². The van der Waals surface area contributed by atoms with Crippen LogP contribution in [0.4, 0.5) is 5.13 Å². The van der Waals surface area contributed by atoms with Gasteiger partial charge in [0.2, 0.25) is 0 Å². The summed E-state index contributed by atoms with van der Waals surface area (Å²) in [6, 6.07) is 0. The number of nitrogens with zero attached hydrogens (tertiary/aromatic N) is 3. The van der Waals surface area contributed by atoms with Crippen molar-refractivity contribution in [1.29, 1.82) is 0 Å². The summed E-state index contributed by atoms with van der Waals surface area (Å²) in [6.07, 6.45) is 0. The minimum atomic E-state index is 0.296. The molecule has 3 atom stereocenters. The van der Waals surface area contributed by atoms with E-state index >= 15 is 0 Å². The molecule has 1 aliphatic heterocycles. The van der Waals surface area contributed by atoms with Crippen molar-refractivity contribution in [3.8, 4) is 11.6 Å². The van der Waals surface area contributed by atoms with Gasteiger partial charge < -0.3 is 10.3 Å². The van der Waals surface area contributed by atoms with Crippen LogP contribution in [-0.4, -0.2) is 31.4 Å². The maximum Gasteiger partial charge on any atom is 0.277 e. The molecule has 0 amide bonds. The molecule has 3 rings (SSSR count). The van der Waals surface area contributed by atoms with Gasteiger partial charge >= 0.3 is 0 Å². The maximum absolute atomic E-state index is 5.61. The molecule has 3 unspecified atom stereocenters. The Hall–Kier alpha value is -0.730. The number of hydrogen-bond acceptors (Lipinski definition) is 8. The van der Waals surface area contributed by atoms with Crippen molar-refractivity contribution < 1.29 is 4.52 Å². The molecule has 2 N–H and O–H groups in total. The molecule has 102 valence electrons. The zero-order valence-electron chi connectivity index (χ0n) is 10.6. The molecule has 19 heavy (non-hydrogen) atoms. The lowest BCUT2D eigenvalue weighted by Crippen LogP contribution is -2.22. The van der Waals surface area contributed by atoms with Gasteiger partial charge in [-0.3, -0.25) is 0 Å². The third kappa shape index (κ3) is 2.75. The fourth-order valence-electron chi connectivity index (χ4n) is 1.77.